The molecule has 0 saturated carbocycles. The zero-order valence-electron chi connectivity index (χ0n) is 38.5. The van der Waals surface area contributed by atoms with Crippen molar-refractivity contribution in [2.24, 2.45) is 12.0 Å². The second kappa shape index (κ2) is 23.5. The van der Waals surface area contributed by atoms with Gasteiger partial charge < -0.3 is 41.0 Å². The molecule has 0 aliphatic rings. The zero-order valence-corrected chi connectivity index (χ0v) is 39.3. The Morgan fingerprint density at radius 2 is 1.18 bits per heavy atom. The van der Waals surface area contributed by atoms with Crippen molar-refractivity contribution in [2.75, 3.05) is 34.0 Å². The molecule has 0 bridgehead atoms. The summed E-state index contributed by atoms with van der Waals surface area (Å²) in [6, 6.07) is 34.6. The average molecular weight is 971 g/mol. The molecule has 0 aliphatic heterocycles. The highest BCUT2D eigenvalue weighted by Gasteiger charge is 2.14. The number of isothiocyanates is 1. The molecule has 71 heavy (non-hydrogen) atoms. The standard InChI is InChI=1S/C26H21FN6O2.C14H16N4O2.C12H7FN2S/c1-16(34)30-25-15-20(9-12-29-25)35-19-4-6-24-23(14-19)32-26(33(24)2)31-22-13-18(3-5-21(22)27)17-7-10-28-11-8-17;1-9(19)18-14-8-11(5-6-17-14)20-10-3-4-13(16-2)12(15)7-10;13-11-7-10(1-2-12(11)15-8-16)9-3-5-14-6-4-9/h3-15H,1-2H3,(H,31,32)(H,29,30,34);3-8,16H,15H2,1-2H3,(H,17,18,19);1-7H. The molecule has 0 radical (unpaired) electrons. The number of benzene rings is 4. The molecule has 16 nitrogen and oxygen atoms in total. The Morgan fingerprint density at radius 3 is 1.73 bits per heavy atom. The van der Waals surface area contributed by atoms with Gasteiger partial charge in [-0.3, -0.25) is 19.6 Å². The smallest absolute Gasteiger partial charge is 0.222 e. The molecule has 356 valence electrons. The van der Waals surface area contributed by atoms with E-state index in [4.69, 9.17) is 15.2 Å². The van der Waals surface area contributed by atoms with E-state index in [9.17, 15) is 18.4 Å². The number of nitrogens with two attached hydrogens (primary N) is 1. The summed E-state index contributed by atoms with van der Waals surface area (Å²) in [5, 5.41) is 13.4. The van der Waals surface area contributed by atoms with Gasteiger partial charge in [0.15, 0.2) is 0 Å². The minimum absolute atomic E-state index is 0.183. The summed E-state index contributed by atoms with van der Waals surface area (Å²) in [5.74, 6) is 2.40. The van der Waals surface area contributed by atoms with Gasteiger partial charge in [0.05, 0.1) is 33.3 Å². The third-order valence-electron chi connectivity index (χ3n) is 10.0. The lowest BCUT2D eigenvalue weighted by molar-refractivity contribution is -0.115. The monoisotopic (exact) mass is 970 g/mol. The van der Waals surface area contributed by atoms with Crippen LogP contribution in [0.1, 0.15) is 13.8 Å². The predicted molar refractivity (Wildman–Crippen MR) is 276 cm³/mol. The van der Waals surface area contributed by atoms with Crippen LogP contribution in [-0.4, -0.2) is 53.5 Å². The van der Waals surface area contributed by atoms with Gasteiger partial charge >= 0.3 is 0 Å². The van der Waals surface area contributed by atoms with Crippen LogP contribution in [0.4, 0.5) is 49.1 Å². The molecular weight excluding hydrogens is 927 g/mol. The first-order chi connectivity index (χ1) is 34.3. The number of imidazole rings is 1. The van der Waals surface area contributed by atoms with Gasteiger partial charge in [-0.05, 0) is 119 Å². The summed E-state index contributed by atoms with van der Waals surface area (Å²) < 4.78 is 41.6. The number of anilines is 6. The number of carbonyl (C=O) groups is 2. The Hall–Kier alpha value is -9.45. The third kappa shape index (κ3) is 13.6. The van der Waals surface area contributed by atoms with E-state index in [0.717, 1.165) is 33.5 Å². The fraction of sp³-hybridized carbons (Fsp3) is 0.0769. The largest absolute Gasteiger partial charge is 0.457 e. The first-order valence-corrected chi connectivity index (χ1v) is 21.9. The molecule has 6 N–H and O–H groups in total. The minimum atomic E-state index is -0.410. The third-order valence-corrected chi connectivity index (χ3v) is 10.1. The normalized spacial score (nSPS) is 10.3. The van der Waals surface area contributed by atoms with Crippen molar-refractivity contribution in [1.29, 1.82) is 0 Å². The summed E-state index contributed by atoms with van der Waals surface area (Å²) >= 11 is 4.43. The molecular formula is C52H44F2N12O4S. The molecule has 5 heterocycles. The number of aryl methyl sites for hydroxylation is 1. The van der Waals surface area contributed by atoms with E-state index in [2.05, 4.69) is 68.6 Å². The molecule has 0 saturated heterocycles. The second-order valence-electron chi connectivity index (χ2n) is 15.1. The summed E-state index contributed by atoms with van der Waals surface area (Å²) in [7, 11) is 3.65. The van der Waals surface area contributed by atoms with Crippen LogP contribution in [0.25, 0.3) is 33.3 Å². The van der Waals surface area contributed by atoms with E-state index in [1.165, 1.54) is 26.0 Å². The molecule has 4 aromatic carbocycles. The van der Waals surface area contributed by atoms with Crippen molar-refractivity contribution >= 4 is 80.6 Å². The number of nitrogens with zero attached hydrogens (tertiary/aromatic N) is 7. The van der Waals surface area contributed by atoms with Gasteiger partial charge in [0, 0.05) is 89.4 Å². The first kappa shape index (κ1) is 49.5. The number of pyridine rings is 4. The number of halogens is 2. The number of rotatable bonds is 12. The van der Waals surface area contributed by atoms with Gasteiger partial charge in [-0.25, -0.2) is 23.7 Å². The van der Waals surface area contributed by atoms with E-state index in [1.54, 1.807) is 111 Å². The average Bonchev–Trinajstić information content (AvgIpc) is 3.66. The minimum Gasteiger partial charge on any atom is -0.457 e. The highest BCUT2D eigenvalue weighted by Crippen LogP contribution is 2.32. The Labute approximate surface area is 411 Å². The number of nitrogens with one attached hydrogen (secondary N) is 4. The molecule has 0 aliphatic carbocycles. The van der Waals surface area contributed by atoms with E-state index in [-0.39, 0.29) is 23.3 Å². The molecule has 9 rings (SSSR count). The fourth-order valence-corrected chi connectivity index (χ4v) is 6.84. The molecule has 5 aromatic heterocycles. The summed E-state index contributed by atoms with van der Waals surface area (Å²) in [6.45, 7) is 2.84. The lowest BCUT2D eigenvalue weighted by atomic mass is 10.1. The Balaban J connectivity index is 0.000000174. The van der Waals surface area contributed by atoms with Crippen LogP contribution in [0.2, 0.25) is 0 Å². The summed E-state index contributed by atoms with van der Waals surface area (Å²) in [5.41, 5.74) is 12.8. The number of hydrogen-bond donors (Lipinski definition) is 5. The van der Waals surface area contributed by atoms with Crippen molar-refractivity contribution in [2.45, 2.75) is 13.8 Å². The van der Waals surface area contributed by atoms with Crippen molar-refractivity contribution in [1.82, 2.24) is 29.5 Å². The highest BCUT2D eigenvalue weighted by atomic mass is 32.1. The number of nitrogen functional groups attached to an aromatic ring is 1. The van der Waals surface area contributed by atoms with Gasteiger partial charge in [0.2, 0.25) is 17.8 Å². The Morgan fingerprint density at radius 1 is 0.634 bits per heavy atom. The van der Waals surface area contributed by atoms with Crippen LogP contribution in [0.15, 0.2) is 164 Å². The topological polar surface area (TPSA) is 208 Å². The fourth-order valence-electron chi connectivity index (χ4n) is 6.74. The Bertz CT molecular complexity index is 3380. The second-order valence-corrected chi connectivity index (χ2v) is 15.3. The van der Waals surface area contributed by atoms with Crippen molar-refractivity contribution in [3.8, 4) is 45.3 Å². The number of hydrogen-bond acceptors (Lipinski definition) is 14. The molecule has 0 unspecified atom stereocenters. The van der Waals surface area contributed by atoms with Gasteiger partial charge in [-0.1, -0.05) is 12.1 Å². The van der Waals surface area contributed by atoms with E-state index in [0.29, 0.717) is 57.5 Å². The number of ether oxygens (including phenoxy) is 2. The molecule has 0 fully saturated rings. The van der Waals surface area contributed by atoms with Gasteiger partial charge in [-0.2, -0.15) is 4.99 Å². The lowest BCUT2D eigenvalue weighted by Crippen LogP contribution is -2.07. The van der Waals surface area contributed by atoms with Crippen molar-refractivity contribution in [3.63, 3.8) is 0 Å². The van der Waals surface area contributed by atoms with E-state index >= 15 is 0 Å². The lowest BCUT2D eigenvalue weighted by Gasteiger charge is -2.10. The van der Waals surface area contributed by atoms with Gasteiger partial charge in [-0.15, -0.1) is 0 Å². The quantitative estimate of drug-likeness (QED) is 0.0439. The molecule has 0 spiro atoms. The maximum atomic E-state index is 14.6. The van der Waals surface area contributed by atoms with Crippen LogP contribution < -0.4 is 36.5 Å². The first-order valence-electron chi connectivity index (χ1n) is 21.5. The molecule has 9 aromatic rings. The number of amides is 2. The van der Waals surface area contributed by atoms with Crippen molar-refractivity contribution < 1.29 is 27.8 Å². The van der Waals surface area contributed by atoms with Gasteiger partial charge in [0.1, 0.15) is 52.0 Å². The number of aliphatic imine (C=N–C) groups is 1. The van der Waals surface area contributed by atoms with E-state index < -0.39 is 5.82 Å². The molecule has 2 amide bonds. The zero-order chi connectivity index (χ0) is 50.3. The maximum absolute atomic E-state index is 14.6. The van der Waals surface area contributed by atoms with Crippen LogP contribution in [-0.2, 0) is 16.6 Å². The highest BCUT2D eigenvalue weighted by molar-refractivity contribution is 7.78. The van der Waals surface area contributed by atoms with Crippen molar-refractivity contribution in [3.05, 3.63) is 170 Å². The summed E-state index contributed by atoms with van der Waals surface area (Å²) in [6.07, 6.45) is 9.84. The predicted octanol–water partition coefficient (Wildman–Crippen LogP) is 11.7. The number of carbonyl (C=O) groups excluding carboxylic acids is 2. The number of aromatic nitrogens is 6. The molecule has 0 atom stereocenters. The van der Waals surface area contributed by atoms with Crippen LogP contribution in [0.3, 0.4) is 0 Å². The van der Waals surface area contributed by atoms with Crippen LogP contribution in [0, 0.1) is 11.6 Å². The van der Waals surface area contributed by atoms with E-state index in [1.807, 2.05) is 54.1 Å². The SMILES string of the molecule is CC(=O)Nc1cc(Oc2ccc3c(c2)nc(Nc2cc(-c4ccncc4)ccc2F)n3C)ccn1.CNc1ccc(Oc2ccnc(NC(C)=O)c2)cc1N.Fc1cc(-c2ccncc2)ccc1N=C=S. The van der Waals surface area contributed by atoms with Gasteiger partial charge in [0.25, 0.3) is 0 Å². The molecule has 19 heteroatoms. The van der Waals surface area contributed by atoms with Crippen LogP contribution in [0.5, 0.6) is 23.0 Å². The van der Waals surface area contributed by atoms with Crippen LogP contribution >= 0.6 is 12.2 Å². The summed E-state index contributed by atoms with van der Waals surface area (Å²) in [4.78, 5) is 46.6. The number of fused-ring (bicyclic) bond motifs is 1. The maximum Gasteiger partial charge on any atom is 0.222 e. The Kier molecular flexibility index (Phi) is 16.4. The number of thiocarbonyl (C=S) groups is 1.